The molecular formula is C13H16FNO3. The number of para-hydroxylation sites is 1. The van der Waals surface area contributed by atoms with E-state index in [1.165, 1.54) is 13.2 Å². The van der Waals surface area contributed by atoms with E-state index in [4.69, 9.17) is 10.5 Å². The fourth-order valence-electron chi connectivity index (χ4n) is 2.24. The third kappa shape index (κ3) is 2.46. The summed E-state index contributed by atoms with van der Waals surface area (Å²) in [5.74, 6) is -0.663. The molecule has 0 heterocycles. The van der Waals surface area contributed by atoms with E-state index in [1.807, 2.05) is 0 Å². The maximum atomic E-state index is 13.4. The van der Waals surface area contributed by atoms with E-state index in [0.29, 0.717) is 19.3 Å². The van der Waals surface area contributed by atoms with Crippen molar-refractivity contribution in [2.45, 2.75) is 30.9 Å². The summed E-state index contributed by atoms with van der Waals surface area (Å²) < 4.78 is 23.6. The molecule has 5 heteroatoms. The Morgan fingerprint density at radius 3 is 2.89 bits per heavy atom. The number of carbonyl (C=O) groups is 1. The Balaban J connectivity index is 2.02. The van der Waals surface area contributed by atoms with Gasteiger partial charge in [-0.3, -0.25) is 4.79 Å². The highest BCUT2D eigenvalue weighted by atomic mass is 19.1. The summed E-state index contributed by atoms with van der Waals surface area (Å²) in [6.07, 6.45) is 1.18. The lowest BCUT2D eigenvalue weighted by molar-refractivity contribution is -0.147. The van der Waals surface area contributed by atoms with Crippen molar-refractivity contribution in [2.24, 2.45) is 5.73 Å². The predicted octanol–water partition coefficient (Wildman–Crippen LogP) is 1.63. The van der Waals surface area contributed by atoms with Crippen LogP contribution in [0.25, 0.3) is 0 Å². The molecule has 18 heavy (non-hydrogen) atoms. The minimum atomic E-state index is -1.01. The summed E-state index contributed by atoms with van der Waals surface area (Å²) in [7, 11) is 1.31. The zero-order chi connectivity index (χ0) is 13.2. The van der Waals surface area contributed by atoms with E-state index in [-0.39, 0.29) is 11.9 Å². The highest BCUT2D eigenvalue weighted by Gasteiger charge is 2.44. The van der Waals surface area contributed by atoms with Crippen LogP contribution >= 0.6 is 0 Å². The van der Waals surface area contributed by atoms with Crippen molar-refractivity contribution in [3.63, 3.8) is 0 Å². The first-order valence-corrected chi connectivity index (χ1v) is 5.83. The molecule has 0 aliphatic heterocycles. The van der Waals surface area contributed by atoms with Gasteiger partial charge in [-0.15, -0.1) is 0 Å². The fraction of sp³-hybridized carbons (Fsp3) is 0.462. The highest BCUT2D eigenvalue weighted by molar-refractivity contribution is 5.80. The van der Waals surface area contributed by atoms with Crippen LogP contribution in [0.3, 0.4) is 0 Å². The lowest BCUT2D eigenvalue weighted by atomic mass is 10.00. The molecule has 0 spiro atoms. The standard InChI is InChI=1S/C13H16FNO3/c1-17-12(16)13(15)7-6-9(8-13)18-11-5-3-2-4-10(11)14/h2-5,9H,6-8,15H2,1H3. The van der Waals surface area contributed by atoms with Crippen LogP contribution in [0.1, 0.15) is 19.3 Å². The van der Waals surface area contributed by atoms with Gasteiger partial charge in [-0.1, -0.05) is 12.1 Å². The normalized spacial score (nSPS) is 26.9. The first kappa shape index (κ1) is 12.8. The Hall–Kier alpha value is -1.62. The van der Waals surface area contributed by atoms with E-state index >= 15 is 0 Å². The highest BCUT2D eigenvalue weighted by Crippen LogP contribution is 2.32. The summed E-state index contributed by atoms with van der Waals surface area (Å²) in [5.41, 5.74) is 4.94. The smallest absolute Gasteiger partial charge is 0.325 e. The van der Waals surface area contributed by atoms with Gasteiger partial charge in [0.25, 0.3) is 0 Å². The number of hydrogen-bond donors (Lipinski definition) is 1. The van der Waals surface area contributed by atoms with Gasteiger partial charge >= 0.3 is 5.97 Å². The number of hydrogen-bond acceptors (Lipinski definition) is 4. The predicted molar refractivity (Wildman–Crippen MR) is 63.6 cm³/mol. The number of esters is 1. The Kier molecular flexibility index (Phi) is 3.52. The molecule has 0 saturated heterocycles. The second kappa shape index (κ2) is 4.94. The second-order valence-corrected chi connectivity index (χ2v) is 4.56. The second-order valence-electron chi connectivity index (χ2n) is 4.56. The van der Waals surface area contributed by atoms with Gasteiger partial charge in [0.15, 0.2) is 11.6 Å². The SMILES string of the molecule is COC(=O)C1(N)CCC(Oc2ccccc2F)C1. The molecule has 1 aliphatic rings. The summed E-state index contributed by atoms with van der Waals surface area (Å²) in [4.78, 5) is 11.5. The summed E-state index contributed by atoms with van der Waals surface area (Å²) in [5, 5.41) is 0. The van der Waals surface area contributed by atoms with Gasteiger partial charge in [-0.05, 0) is 25.0 Å². The van der Waals surface area contributed by atoms with Crippen LogP contribution in [0.2, 0.25) is 0 Å². The van der Waals surface area contributed by atoms with Crippen LogP contribution in [-0.4, -0.2) is 24.7 Å². The molecule has 4 nitrogen and oxygen atoms in total. The molecule has 1 aromatic carbocycles. The van der Waals surface area contributed by atoms with Gasteiger partial charge in [0.2, 0.25) is 0 Å². The average Bonchev–Trinajstić information content (AvgIpc) is 2.74. The van der Waals surface area contributed by atoms with E-state index < -0.39 is 17.3 Å². The lowest BCUT2D eigenvalue weighted by Gasteiger charge is -2.20. The van der Waals surface area contributed by atoms with E-state index in [9.17, 15) is 9.18 Å². The minimum Gasteiger partial charge on any atom is -0.487 e. The first-order valence-electron chi connectivity index (χ1n) is 5.83. The molecule has 2 unspecified atom stereocenters. The van der Waals surface area contributed by atoms with Gasteiger partial charge < -0.3 is 15.2 Å². The third-order valence-corrected chi connectivity index (χ3v) is 3.23. The van der Waals surface area contributed by atoms with Gasteiger partial charge in [-0.2, -0.15) is 0 Å². The Labute approximate surface area is 105 Å². The average molecular weight is 253 g/mol. The number of carbonyl (C=O) groups excluding carboxylic acids is 1. The van der Waals surface area contributed by atoms with Crippen LogP contribution in [0.15, 0.2) is 24.3 Å². The van der Waals surface area contributed by atoms with Crippen molar-refractivity contribution in [1.82, 2.24) is 0 Å². The van der Waals surface area contributed by atoms with Crippen molar-refractivity contribution >= 4 is 5.97 Å². The molecule has 98 valence electrons. The molecule has 0 amide bonds. The zero-order valence-electron chi connectivity index (χ0n) is 10.2. The number of methoxy groups -OCH3 is 1. The van der Waals surface area contributed by atoms with Crippen LogP contribution in [0.5, 0.6) is 5.75 Å². The van der Waals surface area contributed by atoms with Gasteiger partial charge in [0.05, 0.1) is 7.11 Å². The van der Waals surface area contributed by atoms with Crippen LogP contribution in [0, 0.1) is 5.82 Å². The quantitative estimate of drug-likeness (QED) is 0.832. The maximum absolute atomic E-state index is 13.4. The van der Waals surface area contributed by atoms with E-state index in [0.717, 1.165) is 0 Å². The van der Waals surface area contributed by atoms with Crippen LogP contribution < -0.4 is 10.5 Å². The number of ether oxygens (including phenoxy) is 2. The molecule has 1 aliphatic carbocycles. The van der Waals surface area contributed by atoms with Crippen molar-refractivity contribution in [1.29, 1.82) is 0 Å². The van der Waals surface area contributed by atoms with Crippen molar-refractivity contribution in [3.8, 4) is 5.75 Å². The largest absolute Gasteiger partial charge is 0.487 e. The zero-order valence-corrected chi connectivity index (χ0v) is 10.2. The molecule has 1 saturated carbocycles. The minimum absolute atomic E-state index is 0.191. The fourth-order valence-corrected chi connectivity index (χ4v) is 2.24. The number of nitrogens with two attached hydrogens (primary N) is 1. The van der Waals surface area contributed by atoms with Crippen molar-refractivity contribution in [3.05, 3.63) is 30.1 Å². The third-order valence-electron chi connectivity index (χ3n) is 3.23. The summed E-state index contributed by atoms with van der Waals surface area (Å²) >= 11 is 0. The molecule has 2 N–H and O–H groups in total. The van der Waals surface area contributed by atoms with Gasteiger partial charge in [0.1, 0.15) is 11.6 Å². The van der Waals surface area contributed by atoms with Crippen LogP contribution in [-0.2, 0) is 9.53 Å². The first-order chi connectivity index (χ1) is 8.55. The summed E-state index contributed by atoms with van der Waals surface area (Å²) in [6.45, 7) is 0. The topological polar surface area (TPSA) is 61.5 Å². The molecule has 2 atom stereocenters. The molecule has 1 fully saturated rings. The van der Waals surface area contributed by atoms with Gasteiger partial charge in [0, 0.05) is 6.42 Å². The molecule has 1 aromatic rings. The Morgan fingerprint density at radius 2 is 2.22 bits per heavy atom. The molecule has 0 radical (unpaired) electrons. The molecule has 2 rings (SSSR count). The number of benzene rings is 1. The Morgan fingerprint density at radius 1 is 1.50 bits per heavy atom. The van der Waals surface area contributed by atoms with Crippen molar-refractivity contribution in [2.75, 3.05) is 7.11 Å². The Bertz CT molecular complexity index is 452. The van der Waals surface area contributed by atoms with E-state index in [2.05, 4.69) is 4.74 Å². The van der Waals surface area contributed by atoms with Gasteiger partial charge in [-0.25, -0.2) is 4.39 Å². The lowest BCUT2D eigenvalue weighted by Crippen LogP contribution is -2.47. The summed E-state index contributed by atoms with van der Waals surface area (Å²) in [6, 6.07) is 6.19. The number of halogens is 1. The number of rotatable bonds is 3. The molecular weight excluding hydrogens is 237 g/mol. The molecule has 0 aromatic heterocycles. The monoisotopic (exact) mass is 253 g/mol. The molecule has 0 bridgehead atoms. The van der Waals surface area contributed by atoms with Crippen LogP contribution in [0.4, 0.5) is 4.39 Å². The van der Waals surface area contributed by atoms with E-state index in [1.54, 1.807) is 18.2 Å². The van der Waals surface area contributed by atoms with Crippen molar-refractivity contribution < 1.29 is 18.7 Å². The maximum Gasteiger partial charge on any atom is 0.325 e.